The van der Waals surface area contributed by atoms with Crippen molar-refractivity contribution < 1.29 is 19.4 Å². The molecule has 0 bridgehead atoms. The summed E-state index contributed by atoms with van der Waals surface area (Å²) >= 11 is 5.90. The predicted molar refractivity (Wildman–Crippen MR) is 104 cm³/mol. The molecule has 2 aromatic carbocycles. The maximum Gasteiger partial charge on any atom is 0.295 e. The van der Waals surface area contributed by atoms with Crippen LogP contribution in [0.4, 0.5) is 0 Å². The molecule has 2 aromatic rings. The van der Waals surface area contributed by atoms with E-state index >= 15 is 0 Å². The van der Waals surface area contributed by atoms with E-state index in [0.717, 1.165) is 0 Å². The highest BCUT2D eigenvalue weighted by Crippen LogP contribution is 2.39. The van der Waals surface area contributed by atoms with E-state index in [-0.39, 0.29) is 17.9 Å². The van der Waals surface area contributed by atoms with Crippen molar-refractivity contribution in [3.63, 3.8) is 0 Å². The number of ketones is 1. The Balaban J connectivity index is 2.16. The van der Waals surface area contributed by atoms with Gasteiger partial charge < -0.3 is 14.7 Å². The van der Waals surface area contributed by atoms with Gasteiger partial charge in [-0.1, -0.05) is 29.8 Å². The van der Waals surface area contributed by atoms with Crippen LogP contribution in [0.3, 0.4) is 0 Å². The molecule has 5 nitrogen and oxygen atoms in total. The number of ether oxygens (including phenoxy) is 1. The number of carbonyl (C=O) groups excluding carboxylic acids is 2. The van der Waals surface area contributed by atoms with E-state index in [1.807, 2.05) is 0 Å². The lowest BCUT2D eigenvalue weighted by Gasteiger charge is -2.24. The van der Waals surface area contributed by atoms with Crippen LogP contribution in [0.5, 0.6) is 5.75 Å². The van der Waals surface area contributed by atoms with Crippen LogP contribution in [0, 0.1) is 0 Å². The Bertz CT molecular complexity index is 916. The van der Waals surface area contributed by atoms with Crippen LogP contribution in [0.2, 0.25) is 5.02 Å². The number of carbonyl (C=O) groups is 2. The first-order valence-electron chi connectivity index (χ1n) is 8.27. The summed E-state index contributed by atoms with van der Waals surface area (Å²) in [5.41, 5.74) is 1.14. The van der Waals surface area contributed by atoms with Crippen molar-refractivity contribution >= 4 is 29.1 Å². The quantitative estimate of drug-likeness (QED) is 0.367. The minimum absolute atomic E-state index is 0.0364. The van der Waals surface area contributed by atoms with Crippen LogP contribution >= 0.6 is 11.6 Å². The van der Waals surface area contributed by atoms with Crippen molar-refractivity contribution in [2.75, 3.05) is 13.7 Å². The number of benzene rings is 2. The topological polar surface area (TPSA) is 66.8 Å². The molecule has 0 aliphatic carbocycles. The lowest BCUT2D eigenvalue weighted by molar-refractivity contribution is -0.139. The van der Waals surface area contributed by atoms with Gasteiger partial charge in [0.15, 0.2) is 0 Å². The van der Waals surface area contributed by atoms with Gasteiger partial charge in [0.25, 0.3) is 11.7 Å². The molecule has 3 rings (SSSR count). The summed E-state index contributed by atoms with van der Waals surface area (Å²) in [6, 6.07) is 12.7. The third-order valence-corrected chi connectivity index (χ3v) is 4.67. The van der Waals surface area contributed by atoms with Gasteiger partial charge in [-0.05, 0) is 42.0 Å². The zero-order chi connectivity index (χ0) is 19.6. The van der Waals surface area contributed by atoms with Gasteiger partial charge in [0.2, 0.25) is 0 Å². The second-order valence-corrected chi connectivity index (χ2v) is 6.46. The highest BCUT2D eigenvalue weighted by molar-refractivity contribution is 6.46. The standard InChI is InChI=1S/C21H18ClNO4/c1-3-12-23-18(13-6-10-16(27-2)11-7-13)17(20(25)21(23)26)19(24)14-4-8-15(22)9-5-14/h3-11,18,24H,1,12H2,2H3. The minimum atomic E-state index is -0.731. The Morgan fingerprint density at radius 1 is 1.19 bits per heavy atom. The number of halogens is 1. The summed E-state index contributed by atoms with van der Waals surface area (Å²) in [6.07, 6.45) is 1.55. The fourth-order valence-electron chi connectivity index (χ4n) is 3.10. The fraction of sp³-hybridized carbons (Fsp3) is 0.143. The highest BCUT2D eigenvalue weighted by atomic mass is 35.5. The van der Waals surface area contributed by atoms with Crippen LogP contribution in [0.1, 0.15) is 17.2 Å². The van der Waals surface area contributed by atoms with Crippen molar-refractivity contribution in [3.8, 4) is 5.75 Å². The second kappa shape index (κ2) is 7.68. The van der Waals surface area contributed by atoms with Gasteiger partial charge in [-0.15, -0.1) is 6.58 Å². The van der Waals surface area contributed by atoms with Gasteiger partial charge in [0, 0.05) is 17.1 Å². The van der Waals surface area contributed by atoms with Crippen LogP contribution in [-0.2, 0) is 9.59 Å². The summed E-state index contributed by atoms with van der Waals surface area (Å²) in [6.45, 7) is 3.84. The number of likely N-dealkylation sites (tertiary alicyclic amines) is 1. The van der Waals surface area contributed by atoms with Crippen LogP contribution in [0.25, 0.3) is 5.76 Å². The molecule has 1 heterocycles. The maximum absolute atomic E-state index is 12.7. The first-order chi connectivity index (χ1) is 13.0. The molecule has 1 aliphatic rings. The SMILES string of the molecule is C=CCN1C(=O)C(=O)C(=C(O)c2ccc(Cl)cc2)C1c1ccc(OC)cc1. The molecule has 138 valence electrons. The highest BCUT2D eigenvalue weighted by Gasteiger charge is 2.45. The molecule has 0 aromatic heterocycles. The molecule has 0 radical (unpaired) electrons. The molecule has 1 saturated heterocycles. The zero-order valence-electron chi connectivity index (χ0n) is 14.7. The number of rotatable bonds is 5. The third kappa shape index (κ3) is 3.46. The summed E-state index contributed by atoms with van der Waals surface area (Å²) < 4.78 is 5.17. The van der Waals surface area contributed by atoms with Gasteiger partial charge in [0.05, 0.1) is 18.7 Å². The lowest BCUT2D eigenvalue weighted by Crippen LogP contribution is -2.29. The molecular formula is C21H18ClNO4. The Labute approximate surface area is 162 Å². The maximum atomic E-state index is 12.7. The van der Waals surface area contributed by atoms with Gasteiger partial charge in [0.1, 0.15) is 11.5 Å². The molecule has 1 N–H and O–H groups in total. The number of aliphatic hydroxyl groups excluding tert-OH is 1. The van der Waals surface area contributed by atoms with Crippen molar-refractivity contribution in [3.05, 3.63) is 82.9 Å². The molecule has 0 saturated carbocycles. The van der Waals surface area contributed by atoms with E-state index in [4.69, 9.17) is 16.3 Å². The number of aliphatic hydroxyl groups is 1. The summed E-state index contributed by atoms with van der Waals surface area (Å²) in [5, 5.41) is 11.3. The third-order valence-electron chi connectivity index (χ3n) is 4.41. The molecule has 1 atom stereocenters. The van der Waals surface area contributed by atoms with Crippen LogP contribution in [-0.4, -0.2) is 35.4 Å². The molecule has 1 aliphatic heterocycles. The average molecular weight is 384 g/mol. The Morgan fingerprint density at radius 2 is 1.81 bits per heavy atom. The van der Waals surface area contributed by atoms with Crippen LogP contribution in [0.15, 0.2) is 66.8 Å². The first-order valence-corrected chi connectivity index (χ1v) is 8.65. The normalized spacial score (nSPS) is 18.6. The first kappa shape index (κ1) is 18.7. The van der Waals surface area contributed by atoms with Crippen molar-refractivity contribution in [1.82, 2.24) is 4.90 Å². The average Bonchev–Trinajstić information content (AvgIpc) is 2.93. The smallest absolute Gasteiger partial charge is 0.295 e. The van der Waals surface area contributed by atoms with E-state index < -0.39 is 17.7 Å². The van der Waals surface area contributed by atoms with Gasteiger partial charge in [-0.25, -0.2) is 0 Å². The van der Waals surface area contributed by atoms with E-state index in [2.05, 4.69) is 6.58 Å². The van der Waals surface area contributed by atoms with Gasteiger partial charge in [-0.3, -0.25) is 9.59 Å². The largest absolute Gasteiger partial charge is 0.507 e. The minimum Gasteiger partial charge on any atom is -0.507 e. The van der Waals surface area contributed by atoms with Gasteiger partial charge in [-0.2, -0.15) is 0 Å². The molecule has 0 spiro atoms. The monoisotopic (exact) mass is 383 g/mol. The summed E-state index contributed by atoms with van der Waals surface area (Å²) in [4.78, 5) is 26.6. The molecule has 1 unspecified atom stereocenters. The predicted octanol–water partition coefficient (Wildman–Crippen LogP) is 3.96. The summed E-state index contributed by atoms with van der Waals surface area (Å²) in [7, 11) is 1.55. The van der Waals surface area contributed by atoms with Crippen molar-refractivity contribution in [2.24, 2.45) is 0 Å². The number of hydrogen-bond donors (Lipinski definition) is 1. The van der Waals surface area contributed by atoms with Crippen molar-refractivity contribution in [1.29, 1.82) is 0 Å². The molecule has 6 heteroatoms. The molecular weight excluding hydrogens is 366 g/mol. The number of nitrogens with zero attached hydrogens (tertiary/aromatic N) is 1. The lowest BCUT2D eigenvalue weighted by atomic mass is 9.95. The molecule has 1 fully saturated rings. The second-order valence-electron chi connectivity index (χ2n) is 6.02. The Morgan fingerprint density at radius 3 is 2.37 bits per heavy atom. The zero-order valence-corrected chi connectivity index (χ0v) is 15.4. The number of amides is 1. The molecule has 1 amide bonds. The molecule has 27 heavy (non-hydrogen) atoms. The Hall–Kier alpha value is -3.05. The van der Waals surface area contributed by atoms with E-state index in [9.17, 15) is 14.7 Å². The van der Waals surface area contributed by atoms with E-state index in [1.54, 1.807) is 61.7 Å². The van der Waals surface area contributed by atoms with Crippen LogP contribution < -0.4 is 4.74 Å². The van der Waals surface area contributed by atoms with Gasteiger partial charge >= 0.3 is 0 Å². The Kier molecular flexibility index (Phi) is 5.33. The number of Topliss-reactive ketones (excluding diaryl/α,β-unsaturated/α-hetero) is 1. The van der Waals surface area contributed by atoms with E-state index in [0.29, 0.717) is 21.9 Å². The van der Waals surface area contributed by atoms with Crippen molar-refractivity contribution in [2.45, 2.75) is 6.04 Å². The fourth-order valence-corrected chi connectivity index (χ4v) is 3.23. The summed E-state index contributed by atoms with van der Waals surface area (Å²) in [5.74, 6) is -0.995. The van der Waals surface area contributed by atoms with E-state index in [1.165, 1.54) is 4.90 Å². The number of hydrogen-bond acceptors (Lipinski definition) is 4. The number of methoxy groups -OCH3 is 1.